The van der Waals surface area contributed by atoms with Crippen LogP contribution in [0.3, 0.4) is 0 Å². The van der Waals surface area contributed by atoms with E-state index in [0.717, 1.165) is 32.1 Å². The molecular weight excluding hydrogens is 325 g/mol. The fourth-order valence-electron chi connectivity index (χ4n) is 3.06. The molecule has 1 fully saturated rings. The molecule has 20 heavy (non-hydrogen) atoms. The van der Waals surface area contributed by atoms with Crippen molar-refractivity contribution in [3.8, 4) is 11.5 Å². The minimum absolute atomic E-state index is 0.307. The van der Waals surface area contributed by atoms with E-state index < -0.39 is 5.54 Å². The maximum absolute atomic E-state index is 14.7. The van der Waals surface area contributed by atoms with Crippen LogP contribution in [-0.4, -0.2) is 13.2 Å². The third-order valence-electron chi connectivity index (χ3n) is 4.20. The van der Waals surface area contributed by atoms with E-state index in [2.05, 4.69) is 15.9 Å². The molecule has 3 nitrogen and oxygen atoms in total. The van der Waals surface area contributed by atoms with Crippen molar-refractivity contribution in [2.24, 2.45) is 5.73 Å². The van der Waals surface area contributed by atoms with Gasteiger partial charge in [0.15, 0.2) is 11.5 Å². The zero-order valence-electron chi connectivity index (χ0n) is 11.4. The summed E-state index contributed by atoms with van der Waals surface area (Å²) in [4.78, 5) is 0. The lowest BCUT2D eigenvalue weighted by molar-refractivity contribution is 0.287. The smallest absolute Gasteiger partial charge is 0.178 e. The van der Waals surface area contributed by atoms with Gasteiger partial charge in [-0.05, 0) is 34.8 Å². The van der Waals surface area contributed by atoms with Crippen molar-refractivity contribution in [1.82, 2.24) is 0 Å². The zero-order valence-corrected chi connectivity index (χ0v) is 13.0. The Balaban J connectivity index is 2.07. The molecule has 1 aliphatic heterocycles. The molecule has 1 saturated carbocycles. The van der Waals surface area contributed by atoms with E-state index >= 15 is 0 Å². The first-order chi connectivity index (χ1) is 9.62. The Labute approximate surface area is 126 Å². The summed E-state index contributed by atoms with van der Waals surface area (Å²) in [5, 5.41) is 0. The van der Waals surface area contributed by atoms with E-state index in [9.17, 15) is 4.39 Å². The van der Waals surface area contributed by atoms with Gasteiger partial charge in [-0.3, -0.25) is 0 Å². The molecule has 0 aromatic heterocycles. The number of halogens is 2. The molecule has 0 atom stereocenters. The van der Waals surface area contributed by atoms with Gasteiger partial charge in [-0.1, -0.05) is 19.3 Å². The van der Waals surface area contributed by atoms with Crippen LogP contribution in [0.25, 0.3) is 0 Å². The normalized spacial score (nSPS) is 21.4. The highest BCUT2D eigenvalue weighted by atomic mass is 79.9. The number of hydrogen-bond donors (Lipinski definition) is 1. The third kappa shape index (κ3) is 2.42. The lowest BCUT2D eigenvalue weighted by Crippen LogP contribution is -2.39. The molecular formula is C15H19BrFNO2. The topological polar surface area (TPSA) is 44.5 Å². The van der Waals surface area contributed by atoms with Gasteiger partial charge in [0.25, 0.3) is 0 Å². The summed E-state index contributed by atoms with van der Waals surface area (Å²) >= 11 is 3.31. The van der Waals surface area contributed by atoms with Crippen molar-refractivity contribution in [2.75, 3.05) is 13.2 Å². The highest BCUT2D eigenvalue weighted by molar-refractivity contribution is 9.10. The van der Waals surface area contributed by atoms with Gasteiger partial charge < -0.3 is 15.2 Å². The average Bonchev–Trinajstić information content (AvgIpc) is 2.69. The summed E-state index contributed by atoms with van der Waals surface area (Å²) in [5.41, 5.74) is 6.43. The van der Waals surface area contributed by atoms with Gasteiger partial charge in [0.05, 0.1) is 17.7 Å². The van der Waals surface area contributed by atoms with Gasteiger partial charge in [-0.2, -0.15) is 0 Å². The molecule has 110 valence electrons. The Kier molecular flexibility index (Phi) is 3.91. The highest BCUT2D eigenvalue weighted by Crippen LogP contribution is 2.45. The SMILES string of the molecule is NC1(c2cc3c(c(Br)c2F)OCCCO3)CCCCC1. The van der Waals surface area contributed by atoms with Crippen LogP contribution >= 0.6 is 15.9 Å². The lowest BCUT2D eigenvalue weighted by atomic mass is 9.77. The Morgan fingerprint density at radius 2 is 1.80 bits per heavy atom. The van der Waals surface area contributed by atoms with Crippen molar-refractivity contribution in [3.63, 3.8) is 0 Å². The van der Waals surface area contributed by atoms with Crippen LogP contribution < -0.4 is 15.2 Å². The Morgan fingerprint density at radius 1 is 1.10 bits per heavy atom. The summed E-state index contributed by atoms with van der Waals surface area (Å²) in [7, 11) is 0. The molecule has 1 aromatic rings. The highest BCUT2D eigenvalue weighted by Gasteiger charge is 2.35. The van der Waals surface area contributed by atoms with E-state index in [1.165, 1.54) is 6.42 Å². The van der Waals surface area contributed by atoms with Crippen LogP contribution in [0.4, 0.5) is 4.39 Å². The number of rotatable bonds is 1. The molecule has 1 aliphatic carbocycles. The van der Waals surface area contributed by atoms with E-state index in [1.54, 1.807) is 6.07 Å². The molecule has 2 aliphatic rings. The van der Waals surface area contributed by atoms with Crippen molar-refractivity contribution in [2.45, 2.75) is 44.1 Å². The zero-order chi connectivity index (χ0) is 14.2. The van der Waals surface area contributed by atoms with Crippen molar-refractivity contribution in [1.29, 1.82) is 0 Å². The fraction of sp³-hybridized carbons (Fsp3) is 0.600. The summed E-state index contributed by atoms with van der Waals surface area (Å²) < 4.78 is 26.3. The molecule has 0 amide bonds. The number of ether oxygens (including phenoxy) is 2. The third-order valence-corrected chi connectivity index (χ3v) is 4.91. The first-order valence-electron chi connectivity index (χ1n) is 7.19. The molecule has 0 radical (unpaired) electrons. The van der Waals surface area contributed by atoms with Crippen LogP contribution in [0.1, 0.15) is 44.1 Å². The molecule has 5 heteroatoms. The van der Waals surface area contributed by atoms with Gasteiger partial charge in [0, 0.05) is 17.5 Å². The Morgan fingerprint density at radius 3 is 2.55 bits per heavy atom. The van der Waals surface area contributed by atoms with E-state index in [1.807, 2.05) is 0 Å². The van der Waals surface area contributed by atoms with E-state index in [4.69, 9.17) is 15.2 Å². The Hall–Kier alpha value is -0.810. The number of hydrogen-bond acceptors (Lipinski definition) is 3. The van der Waals surface area contributed by atoms with Crippen LogP contribution in [0.2, 0.25) is 0 Å². The van der Waals surface area contributed by atoms with Crippen molar-refractivity contribution >= 4 is 15.9 Å². The Bertz CT molecular complexity index is 515. The second-order valence-corrected chi connectivity index (χ2v) is 6.44. The van der Waals surface area contributed by atoms with Gasteiger partial charge in [-0.25, -0.2) is 4.39 Å². The van der Waals surface area contributed by atoms with Crippen LogP contribution in [0, 0.1) is 5.82 Å². The van der Waals surface area contributed by atoms with Crippen molar-refractivity contribution in [3.05, 3.63) is 21.9 Å². The van der Waals surface area contributed by atoms with Gasteiger partial charge in [-0.15, -0.1) is 0 Å². The fourth-order valence-corrected chi connectivity index (χ4v) is 3.58. The standard InChI is InChI=1S/C15H19BrFNO2/c16-12-13(17)10(15(18)5-2-1-3-6-15)9-11-14(12)20-8-4-7-19-11/h9H,1-8,18H2. The molecule has 3 rings (SSSR count). The van der Waals surface area contributed by atoms with Crippen molar-refractivity contribution < 1.29 is 13.9 Å². The van der Waals surface area contributed by atoms with Gasteiger partial charge in [0.2, 0.25) is 0 Å². The number of nitrogens with two attached hydrogens (primary N) is 1. The maximum Gasteiger partial charge on any atom is 0.178 e. The first-order valence-corrected chi connectivity index (χ1v) is 7.98. The second-order valence-electron chi connectivity index (χ2n) is 5.65. The van der Waals surface area contributed by atoms with Gasteiger partial charge >= 0.3 is 0 Å². The molecule has 0 unspecified atom stereocenters. The van der Waals surface area contributed by atoms with E-state index in [0.29, 0.717) is 34.7 Å². The monoisotopic (exact) mass is 343 g/mol. The van der Waals surface area contributed by atoms with E-state index in [-0.39, 0.29) is 5.82 Å². The first kappa shape index (κ1) is 14.1. The minimum atomic E-state index is -0.588. The number of benzene rings is 1. The van der Waals surface area contributed by atoms with Crippen LogP contribution in [-0.2, 0) is 5.54 Å². The molecule has 2 N–H and O–H groups in total. The summed E-state index contributed by atoms with van der Waals surface area (Å²) in [6, 6.07) is 1.74. The summed E-state index contributed by atoms with van der Waals surface area (Å²) in [6.45, 7) is 1.13. The second kappa shape index (κ2) is 5.53. The largest absolute Gasteiger partial charge is 0.490 e. The quantitative estimate of drug-likeness (QED) is 0.841. The molecule has 1 aromatic carbocycles. The van der Waals surface area contributed by atoms with Gasteiger partial charge in [0.1, 0.15) is 5.82 Å². The molecule has 0 bridgehead atoms. The maximum atomic E-state index is 14.7. The number of fused-ring (bicyclic) bond motifs is 1. The molecule has 0 spiro atoms. The lowest BCUT2D eigenvalue weighted by Gasteiger charge is -2.34. The van der Waals surface area contributed by atoms with Crippen LogP contribution in [0.15, 0.2) is 10.5 Å². The summed E-state index contributed by atoms with van der Waals surface area (Å²) in [6.07, 6.45) is 5.69. The average molecular weight is 344 g/mol. The molecule has 0 saturated heterocycles. The predicted molar refractivity (Wildman–Crippen MR) is 78.7 cm³/mol. The summed E-state index contributed by atoms with van der Waals surface area (Å²) in [5.74, 6) is 0.753. The minimum Gasteiger partial charge on any atom is -0.490 e. The van der Waals surface area contributed by atoms with Crippen LogP contribution in [0.5, 0.6) is 11.5 Å². The molecule has 1 heterocycles. The predicted octanol–water partition coefficient (Wildman–Crippen LogP) is 3.87.